The van der Waals surface area contributed by atoms with E-state index in [1.54, 1.807) is 12.1 Å². The smallest absolute Gasteiger partial charge is 0.267 e. The molecule has 134 valence electrons. The quantitative estimate of drug-likeness (QED) is 0.505. The van der Waals surface area contributed by atoms with Gasteiger partial charge in [-0.2, -0.15) is 5.26 Å². The number of nitriles is 1. The molecule has 0 atom stereocenters. The molecule has 0 saturated carbocycles. The van der Waals surface area contributed by atoms with E-state index in [0.717, 1.165) is 30.5 Å². The lowest BCUT2D eigenvalue weighted by Gasteiger charge is -2.08. The first-order valence-corrected chi connectivity index (χ1v) is 8.94. The number of unbranched alkanes of at least 4 members (excludes halogenated alkanes) is 1. The lowest BCUT2D eigenvalue weighted by Crippen LogP contribution is -2.14. The second kappa shape index (κ2) is 9.65. The van der Waals surface area contributed by atoms with Crippen LogP contribution in [0.5, 0.6) is 0 Å². The van der Waals surface area contributed by atoms with E-state index in [1.807, 2.05) is 43.3 Å². The van der Waals surface area contributed by atoms with Gasteiger partial charge >= 0.3 is 0 Å². The molecule has 0 unspecified atom stereocenters. The van der Waals surface area contributed by atoms with Gasteiger partial charge in [-0.05, 0) is 61.2 Å². The molecule has 0 aliphatic heterocycles. The molecule has 1 amide bonds. The Kier molecular flexibility index (Phi) is 7.25. The van der Waals surface area contributed by atoms with Gasteiger partial charge in [-0.15, -0.1) is 0 Å². The maximum atomic E-state index is 12.3. The lowest BCUT2D eigenvalue weighted by atomic mass is 10.1. The highest BCUT2D eigenvalue weighted by Gasteiger charge is 2.09. The fourth-order valence-electron chi connectivity index (χ4n) is 2.42. The first kappa shape index (κ1) is 19.6. The molecule has 0 radical (unpaired) electrons. The SMILES string of the molecule is CCCCc1ccc(NC(=O)/C(C#N)=C\Nc2ccc(Cl)cc2C)cc1. The number of carbonyl (C=O) groups is 1. The Morgan fingerprint density at radius 2 is 1.96 bits per heavy atom. The Morgan fingerprint density at radius 1 is 1.23 bits per heavy atom. The Bertz CT molecular complexity index is 835. The van der Waals surface area contributed by atoms with Gasteiger partial charge in [0.05, 0.1) is 0 Å². The minimum Gasteiger partial charge on any atom is -0.360 e. The first-order valence-electron chi connectivity index (χ1n) is 8.56. The molecule has 0 spiro atoms. The fraction of sp³-hybridized carbons (Fsp3) is 0.238. The molecule has 0 aliphatic carbocycles. The summed E-state index contributed by atoms with van der Waals surface area (Å²) in [5.41, 5.74) is 3.61. The number of nitrogens with zero attached hydrogens (tertiary/aromatic N) is 1. The minimum absolute atomic E-state index is 0.00518. The molecular formula is C21H22ClN3O. The average molecular weight is 368 g/mol. The molecule has 0 fully saturated rings. The van der Waals surface area contributed by atoms with Crippen LogP contribution in [0.3, 0.4) is 0 Å². The number of aryl methyl sites for hydroxylation is 2. The van der Waals surface area contributed by atoms with Crippen LogP contribution in [-0.4, -0.2) is 5.91 Å². The number of amides is 1. The fourth-order valence-corrected chi connectivity index (χ4v) is 2.65. The number of hydrogen-bond acceptors (Lipinski definition) is 3. The predicted octanol–water partition coefficient (Wildman–Crippen LogP) is 5.45. The van der Waals surface area contributed by atoms with Crippen molar-refractivity contribution in [2.24, 2.45) is 0 Å². The van der Waals surface area contributed by atoms with E-state index >= 15 is 0 Å². The minimum atomic E-state index is -0.451. The van der Waals surface area contributed by atoms with Crippen molar-refractivity contribution in [3.8, 4) is 6.07 Å². The van der Waals surface area contributed by atoms with Crippen LogP contribution in [0.25, 0.3) is 0 Å². The summed E-state index contributed by atoms with van der Waals surface area (Å²) < 4.78 is 0. The predicted molar refractivity (Wildman–Crippen MR) is 107 cm³/mol. The third kappa shape index (κ3) is 5.65. The summed E-state index contributed by atoms with van der Waals surface area (Å²) in [7, 11) is 0. The van der Waals surface area contributed by atoms with Crippen LogP contribution >= 0.6 is 11.6 Å². The number of halogens is 1. The van der Waals surface area contributed by atoms with Crippen molar-refractivity contribution < 1.29 is 4.79 Å². The number of carbonyl (C=O) groups excluding carboxylic acids is 1. The second-order valence-electron chi connectivity index (χ2n) is 6.03. The summed E-state index contributed by atoms with van der Waals surface area (Å²) in [6, 6.07) is 15.0. The summed E-state index contributed by atoms with van der Waals surface area (Å²) in [6.45, 7) is 4.05. The lowest BCUT2D eigenvalue weighted by molar-refractivity contribution is -0.112. The van der Waals surface area contributed by atoms with Crippen molar-refractivity contribution in [3.63, 3.8) is 0 Å². The summed E-state index contributed by atoms with van der Waals surface area (Å²) in [5, 5.41) is 15.6. The molecule has 0 saturated heterocycles. The summed E-state index contributed by atoms with van der Waals surface area (Å²) in [5.74, 6) is -0.451. The highest BCUT2D eigenvalue weighted by molar-refractivity contribution is 6.30. The molecule has 0 heterocycles. The van der Waals surface area contributed by atoms with Crippen LogP contribution in [0.15, 0.2) is 54.2 Å². The molecule has 0 aliphatic rings. The van der Waals surface area contributed by atoms with Crippen molar-refractivity contribution in [1.82, 2.24) is 0 Å². The van der Waals surface area contributed by atoms with Gasteiger partial charge in [0.1, 0.15) is 11.6 Å². The van der Waals surface area contributed by atoms with Gasteiger partial charge in [0.15, 0.2) is 0 Å². The average Bonchev–Trinajstić information content (AvgIpc) is 2.63. The third-order valence-electron chi connectivity index (χ3n) is 3.96. The Balaban J connectivity index is 2.02. The Labute approximate surface area is 159 Å². The van der Waals surface area contributed by atoms with Crippen molar-refractivity contribution in [1.29, 1.82) is 5.26 Å². The van der Waals surface area contributed by atoms with E-state index in [2.05, 4.69) is 17.6 Å². The number of benzene rings is 2. The van der Waals surface area contributed by atoms with Gasteiger partial charge in [-0.1, -0.05) is 37.1 Å². The number of hydrogen-bond donors (Lipinski definition) is 2. The zero-order valence-corrected chi connectivity index (χ0v) is 15.7. The van der Waals surface area contributed by atoms with Crippen molar-refractivity contribution >= 4 is 28.9 Å². The third-order valence-corrected chi connectivity index (χ3v) is 4.19. The van der Waals surface area contributed by atoms with Crippen molar-refractivity contribution in [3.05, 3.63) is 70.4 Å². The van der Waals surface area contributed by atoms with E-state index in [4.69, 9.17) is 11.6 Å². The summed E-state index contributed by atoms with van der Waals surface area (Å²) in [6.07, 6.45) is 4.72. The Hall–Kier alpha value is -2.77. The molecule has 0 aromatic heterocycles. The van der Waals surface area contributed by atoms with Gasteiger partial charge in [0, 0.05) is 22.6 Å². The zero-order chi connectivity index (χ0) is 18.9. The molecule has 2 aromatic rings. The first-order chi connectivity index (χ1) is 12.5. The highest BCUT2D eigenvalue weighted by atomic mass is 35.5. The van der Waals surface area contributed by atoms with E-state index in [-0.39, 0.29) is 5.57 Å². The standard InChI is InChI=1S/C21H22ClN3O/c1-3-4-5-16-6-9-19(10-7-16)25-21(26)17(13-23)14-24-20-11-8-18(22)12-15(20)2/h6-12,14,24H,3-5H2,1-2H3,(H,25,26)/b17-14-. The van der Waals surface area contributed by atoms with Gasteiger partial charge in [-0.25, -0.2) is 0 Å². The summed E-state index contributed by atoms with van der Waals surface area (Å²) >= 11 is 5.93. The maximum Gasteiger partial charge on any atom is 0.267 e. The van der Waals surface area contributed by atoms with E-state index in [0.29, 0.717) is 10.7 Å². The van der Waals surface area contributed by atoms with Crippen LogP contribution < -0.4 is 10.6 Å². The normalized spacial score (nSPS) is 10.9. The van der Waals surface area contributed by atoms with E-state index in [1.165, 1.54) is 11.8 Å². The molecule has 26 heavy (non-hydrogen) atoms. The number of nitrogens with one attached hydrogen (secondary N) is 2. The zero-order valence-electron chi connectivity index (χ0n) is 15.0. The molecule has 2 N–H and O–H groups in total. The van der Waals surface area contributed by atoms with Gasteiger partial charge < -0.3 is 10.6 Å². The molecule has 2 aromatic carbocycles. The molecule has 0 bridgehead atoms. The molecule has 4 nitrogen and oxygen atoms in total. The Morgan fingerprint density at radius 3 is 2.58 bits per heavy atom. The number of rotatable bonds is 7. The monoisotopic (exact) mass is 367 g/mol. The van der Waals surface area contributed by atoms with Crippen LogP contribution in [0, 0.1) is 18.3 Å². The molecule has 5 heteroatoms. The van der Waals surface area contributed by atoms with Crippen LogP contribution in [-0.2, 0) is 11.2 Å². The van der Waals surface area contributed by atoms with Gasteiger partial charge in [0.25, 0.3) is 5.91 Å². The van der Waals surface area contributed by atoms with Gasteiger partial charge in [0.2, 0.25) is 0 Å². The van der Waals surface area contributed by atoms with Crippen molar-refractivity contribution in [2.45, 2.75) is 33.1 Å². The van der Waals surface area contributed by atoms with Crippen molar-refractivity contribution in [2.75, 3.05) is 10.6 Å². The van der Waals surface area contributed by atoms with E-state index < -0.39 is 5.91 Å². The van der Waals surface area contributed by atoms with E-state index in [9.17, 15) is 10.1 Å². The highest BCUT2D eigenvalue weighted by Crippen LogP contribution is 2.20. The van der Waals surface area contributed by atoms with Crippen LogP contribution in [0.2, 0.25) is 5.02 Å². The maximum absolute atomic E-state index is 12.3. The van der Waals surface area contributed by atoms with Crippen LogP contribution in [0.4, 0.5) is 11.4 Å². The second-order valence-corrected chi connectivity index (χ2v) is 6.46. The topological polar surface area (TPSA) is 64.9 Å². The largest absolute Gasteiger partial charge is 0.360 e. The molecular weight excluding hydrogens is 346 g/mol. The summed E-state index contributed by atoms with van der Waals surface area (Å²) in [4.78, 5) is 12.3. The number of anilines is 2. The van der Waals surface area contributed by atoms with Gasteiger partial charge in [-0.3, -0.25) is 4.79 Å². The molecule has 2 rings (SSSR count). The van der Waals surface area contributed by atoms with Crippen LogP contribution in [0.1, 0.15) is 30.9 Å².